The third kappa shape index (κ3) is 4.09. The predicted octanol–water partition coefficient (Wildman–Crippen LogP) is 6.91. The van der Waals surface area contributed by atoms with Crippen molar-refractivity contribution in [1.29, 1.82) is 0 Å². The van der Waals surface area contributed by atoms with Gasteiger partial charge in [-0.3, -0.25) is 0 Å². The van der Waals surface area contributed by atoms with E-state index in [1.165, 1.54) is 71.5 Å². The number of carboxylic acids is 2. The number of fused-ring (bicyclic) bond motifs is 5. The van der Waals surface area contributed by atoms with Crippen LogP contribution in [0.4, 0.5) is 0 Å². The largest absolute Gasteiger partial charge is 0.478 e. The van der Waals surface area contributed by atoms with Crippen LogP contribution in [-0.4, -0.2) is 22.2 Å². The summed E-state index contributed by atoms with van der Waals surface area (Å²) in [6.07, 6.45) is 5.23. The highest BCUT2D eigenvalue weighted by atomic mass is 16.4. The number of rotatable bonds is 3. The van der Waals surface area contributed by atoms with E-state index in [4.69, 9.17) is 10.2 Å². The number of hydrogen-bond acceptors (Lipinski definition) is 2. The fourth-order valence-corrected chi connectivity index (χ4v) is 4.79. The minimum Gasteiger partial charge on any atom is -0.478 e. The fraction of sp³-hybridized carbons (Fsp3) is 0.214. The lowest BCUT2D eigenvalue weighted by Gasteiger charge is -2.26. The number of benzene rings is 4. The van der Waals surface area contributed by atoms with Crippen LogP contribution >= 0.6 is 0 Å². The molecule has 0 heterocycles. The first kappa shape index (κ1) is 21.6. The van der Waals surface area contributed by atoms with Crippen molar-refractivity contribution < 1.29 is 19.8 Å². The van der Waals surface area contributed by atoms with E-state index in [0.29, 0.717) is 0 Å². The van der Waals surface area contributed by atoms with Crippen LogP contribution in [0.1, 0.15) is 63.9 Å². The van der Waals surface area contributed by atoms with Gasteiger partial charge >= 0.3 is 11.9 Å². The van der Waals surface area contributed by atoms with Crippen LogP contribution in [-0.2, 0) is 6.42 Å². The molecule has 0 radical (unpaired) electrons. The summed E-state index contributed by atoms with van der Waals surface area (Å²) < 4.78 is 0. The summed E-state index contributed by atoms with van der Waals surface area (Å²) in [7, 11) is 0. The lowest BCUT2D eigenvalue weighted by atomic mass is 9.79. The molecule has 4 heteroatoms. The quantitative estimate of drug-likeness (QED) is 0.349. The van der Waals surface area contributed by atoms with Crippen molar-refractivity contribution in [2.75, 3.05) is 0 Å². The van der Waals surface area contributed by atoms with Gasteiger partial charge in [0.25, 0.3) is 0 Å². The van der Waals surface area contributed by atoms with E-state index in [1.54, 1.807) is 11.1 Å². The summed E-state index contributed by atoms with van der Waals surface area (Å²) in [5.41, 5.74) is 2.85. The minimum absolute atomic E-state index is 0.190. The molecule has 1 aliphatic carbocycles. The van der Waals surface area contributed by atoms with Crippen LogP contribution < -0.4 is 0 Å². The Morgan fingerprint density at radius 3 is 2.06 bits per heavy atom. The second-order valence-electron chi connectivity index (χ2n) is 8.17. The molecule has 0 fully saturated rings. The van der Waals surface area contributed by atoms with Crippen LogP contribution in [0.5, 0.6) is 0 Å². The Kier molecular flexibility index (Phi) is 6.22. The van der Waals surface area contributed by atoms with E-state index in [9.17, 15) is 9.59 Å². The predicted molar refractivity (Wildman–Crippen MR) is 128 cm³/mol. The molecule has 1 aliphatic rings. The van der Waals surface area contributed by atoms with Gasteiger partial charge in [0.1, 0.15) is 0 Å². The van der Waals surface area contributed by atoms with Gasteiger partial charge in [0.15, 0.2) is 0 Å². The number of carbonyl (C=O) groups is 2. The van der Waals surface area contributed by atoms with Crippen LogP contribution in [0.3, 0.4) is 0 Å². The zero-order valence-electron chi connectivity index (χ0n) is 18.0. The Labute approximate surface area is 187 Å². The molecular weight excluding hydrogens is 400 g/mol. The molecule has 162 valence electrons. The maximum absolute atomic E-state index is 10.5. The summed E-state index contributed by atoms with van der Waals surface area (Å²) >= 11 is 0. The smallest absolute Gasteiger partial charge is 0.336 e. The normalized spacial score (nSPS) is 15.0. The van der Waals surface area contributed by atoms with Gasteiger partial charge in [-0.1, -0.05) is 67.6 Å². The third-order valence-electron chi connectivity index (χ3n) is 6.37. The molecule has 0 saturated carbocycles. The molecule has 4 nitrogen and oxygen atoms in total. The number of aryl methyl sites for hydroxylation is 1. The molecule has 0 aliphatic heterocycles. The van der Waals surface area contributed by atoms with E-state index >= 15 is 0 Å². The molecule has 2 N–H and O–H groups in total. The molecule has 4 aromatic rings. The van der Waals surface area contributed by atoms with Crippen LogP contribution in [0.15, 0.2) is 72.8 Å². The first-order valence-corrected chi connectivity index (χ1v) is 11.0. The van der Waals surface area contributed by atoms with E-state index in [-0.39, 0.29) is 11.1 Å². The third-order valence-corrected chi connectivity index (χ3v) is 6.37. The summed E-state index contributed by atoms with van der Waals surface area (Å²) in [4.78, 5) is 20.9. The number of carboxylic acid groups (broad SMARTS) is 2. The van der Waals surface area contributed by atoms with Gasteiger partial charge < -0.3 is 10.2 Å². The molecule has 0 aromatic heterocycles. The average Bonchev–Trinajstić information content (AvgIpc) is 2.83. The zero-order valence-corrected chi connectivity index (χ0v) is 18.0. The van der Waals surface area contributed by atoms with Crippen molar-refractivity contribution in [3.8, 4) is 0 Å². The highest BCUT2D eigenvalue weighted by molar-refractivity contribution is 6.08. The van der Waals surface area contributed by atoms with E-state index < -0.39 is 11.9 Å². The second-order valence-corrected chi connectivity index (χ2v) is 8.17. The Balaban J connectivity index is 0.000000176. The molecule has 0 spiro atoms. The van der Waals surface area contributed by atoms with Gasteiger partial charge in [-0.05, 0) is 76.4 Å². The first-order chi connectivity index (χ1) is 15.5. The second kappa shape index (κ2) is 9.23. The Hall–Kier alpha value is -3.66. The van der Waals surface area contributed by atoms with Crippen LogP contribution in [0.2, 0.25) is 0 Å². The summed E-state index contributed by atoms with van der Waals surface area (Å²) in [6.45, 7) is 2.32. The van der Waals surface area contributed by atoms with E-state index in [1.807, 2.05) is 0 Å². The van der Waals surface area contributed by atoms with Crippen molar-refractivity contribution in [2.45, 2.75) is 38.5 Å². The summed E-state index contributed by atoms with van der Waals surface area (Å²) in [6, 6.07) is 23.6. The topological polar surface area (TPSA) is 74.6 Å². The Bertz CT molecular complexity index is 1270. The molecule has 5 rings (SSSR count). The number of hydrogen-bond donors (Lipinski definition) is 2. The Morgan fingerprint density at radius 2 is 1.41 bits per heavy atom. The molecule has 0 amide bonds. The number of aromatic carboxylic acids is 2. The summed E-state index contributed by atoms with van der Waals surface area (Å²) in [5.74, 6) is -1.68. The van der Waals surface area contributed by atoms with Crippen LogP contribution in [0, 0.1) is 0 Å². The van der Waals surface area contributed by atoms with Gasteiger partial charge in [-0.25, -0.2) is 9.59 Å². The van der Waals surface area contributed by atoms with Crippen molar-refractivity contribution >= 4 is 33.5 Å². The molecule has 0 bridgehead atoms. The lowest BCUT2D eigenvalue weighted by Crippen LogP contribution is -2.09. The van der Waals surface area contributed by atoms with Crippen molar-refractivity contribution in [3.05, 3.63) is 95.1 Å². The molecule has 32 heavy (non-hydrogen) atoms. The molecule has 0 saturated heterocycles. The highest BCUT2D eigenvalue weighted by Gasteiger charge is 2.20. The molecular formula is C28H26O4. The van der Waals surface area contributed by atoms with E-state index in [2.05, 4.69) is 55.5 Å². The summed E-state index contributed by atoms with van der Waals surface area (Å²) in [5, 5.41) is 22.8. The molecule has 1 atom stereocenters. The molecule has 4 aromatic carbocycles. The minimum atomic E-state index is -1.23. The maximum Gasteiger partial charge on any atom is 0.336 e. The monoisotopic (exact) mass is 426 g/mol. The lowest BCUT2D eigenvalue weighted by molar-refractivity contribution is 0.0651. The van der Waals surface area contributed by atoms with Crippen molar-refractivity contribution in [1.82, 2.24) is 0 Å². The standard InChI is InChI=1S/C20H20.C8H6O4/c1-2-14-7-5-9-18-17(14)12-13-19-16-8-4-3-6-15(16)10-11-20(18)19;9-7(10)5-3-1-2-4-6(5)8(11)12/h3-4,6,8,10-14H,2,5,7,9H2,1H3;1-4H,(H,9,10)(H,11,12). The average molecular weight is 427 g/mol. The first-order valence-electron chi connectivity index (χ1n) is 11.0. The van der Waals surface area contributed by atoms with Crippen molar-refractivity contribution in [3.63, 3.8) is 0 Å². The SMILES string of the molecule is CCC1CCCc2c1ccc1c2ccc2ccccc21.O=C(O)c1ccccc1C(=O)O. The molecule has 1 unspecified atom stereocenters. The van der Waals surface area contributed by atoms with Crippen LogP contribution in [0.25, 0.3) is 21.5 Å². The fourth-order valence-electron chi connectivity index (χ4n) is 4.79. The van der Waals surface area contributed by atoms with E-state index in [0.717, 1.165) is 5.92 Å². The Morgan fingerprint density at radius 1 is 0.781 bits per heavy atom. The van der Waals surface area contributed by atoms with Crippen molar-refractivity contribution in [2.24, 2.45) is 0 Å². The van der Waals surface area contributed by atoms with Gasteiger partial charge in [0.2, 0.25) is 0 Å². The van der Waals surface area contributed by atoms with Gasteiger partial charge in [0.05, 0.1) is 11.1 Å². The highest BCUT2D eigenvalue weighted by Crippen LogP contribution is 2.39. The van der Waals surface area contributed by atoms with Gasteiger partial charge in [0, 0.05) is 0 Å². The van der Waals surface area contributed by atoms with Gasteiger partial charge in [-0.2, -0.15) is 0 Å². The van der Waals surface area contributed by atoms with Gasteiger partial charge in [-0.15, -0.1) is 0 Å². The zero-order chi connectivity index (χ0) is 22.7. The maximum atomic E-state index is 10.5.